The first kappa shape index (κ1) is 32.9. The third kappa shape index (κ3) is 5.89. The number of pyridine rings is 2. The van der Waals surface area contributed by atoms with Crippen LogP contribution in [0.25, 0.3) is 77.1 Å². The lowest BCUT2D eigenvalue weighted by atomic mass is 9.78. The zero-order valence-corrected chi connectivity index (χ0v) is 31.4. The first-order chi connectivity index (χ1) is 24.1. The van der Waals surface area contributed by atoms with Crippen LogP contribution in [0.15, 0.2) is 115 Å². The fourth-order valence-electron chi connectivity index (χ4n) is 7.48. The molecule has 0 fully saturated rings. The van der Waals surface area contributed by atoms with Crippen LogP contribution in [0.2, 0.25) is 0 Å². The molecule has 0 bridgehead atoms. The smallest absolute Gasteiger partial charge is 0.0780 e. The molecule has 0 amide bonds. The molecule has 0 atom stereocenters. The molecule has 0 spiro atoms. The molecule has 0 saturated carbocycles. The Kier molecular flexibility index (Phi) is 7.50. The molecular weight excluding hydrogens is 619 g/mol. The van der Waals surface area contributed by atoms with E-state index in [1.165, 1.54) is 38.4 Å². The minimum Gasteiger partial charge on any atom is -0.354 e. The summed E-state index contributed by atoms with van der Waals surface area (Å²) in [5.41, 5.74) is 13.6. The van der Waals surface area contributed by atoms with E-state index in [2.05, 4.69) is 170 Å². The van der Waals surface area contributed by atoms with Crippen molar-refractivity contribution in [1.29, 1.82) is 0 Å². The van der Waals surface area contributed by atoms with Gasteiger partial charge in [0.15, 0.2) is 0 Å². The molecular formula is C48H47N3. The molecule has 8 rings (SSSR count). The van der Waals surface area contributed by atoms with E-state index in [0.717, 1.165) is 55.4 Å². The third-order valence-corrected chi connectivity index (χ3v) is 10.4. The molecule has 8 aromatic rings. The number of nitrogens with one attached hydrogen (secondary N) is 1. The van der Waals surface area contributed by atoms with E-state index in [1.807, 2.05) is 12.3 Å². The van der Waals surface area contributed by atoms with Crippen LogP contribution in [0.3, 0.4) is 0 Å². The topological polar surface area (TPSA) is 41.6 Å². The number of H-pyrrole nitrogens is 1. The Labute approximate surface area is 301 Å². The highest BCUT2D eigenvalue weighted by molar-refractivity contribution is 6.12. The maximum Gasteiger partial charge on any atom is 0.0780 e. The fourth-order valence-corrected chi connectivity index (χ4v) is 7.48. The molecule has 3 heterocycles. The minimum atomic E-state index is -0.0875. The van der Waals surface area contributed by atoms with Gasteiger partial charge >= 0.3 is 0 Å². The summed E-state index contributed by atoms with van der Waals surface area (Å²) in [5, 5.41) is 5.97. The molecule has 0 aliphatic carbocycles. The Balaban J connectivity index is 1.46. The molecule has 3 heteroatoms. The summed E-state index contributed by atoms with van der Waals surface area (Å²) in [6.45, 7) is 20.7. The van der Waals surface area contributed by atoms with Crippen molar-refractivity contribution < 1.29 is 0 Å². The van der Waals surface area contributed by atoms with Crippen LogP contribution in [0.5, 0.6) is 0 Å². The second kappa shape index (κ2) is 11.6. The van der Waals surface area contributed by atoms with Gasteiger partial charge in [0, 0.05) is 44.4 Å². The van der Waals surface area contributed by atoms with Gasteiger partial charge < -0.3 is 4.98 Å². The number of para-hydroxylation sites is 2. The number of nitrogens with zero attached hydrogens (tertiary/aromatic N) is 2. The van der Waals surface area contributed by atoms with Crippen molar-refractivity contribution in [2.75, 3.05) is 0 Å². The van der Waals surface area contributed by atoms with E-state index in [1.54, 1.807) is 0 Å². The second-order valence-corrected chi connectivity index (χ2v) is 17.3. The van der Waals surface area contributed by atoms with E-state index >= 15 is 0 Å². The van der Waals surface area contributed by atoms with Crippen molar-refractivity contribution >= 4 is 43.5 Å². The Bertz CT molecular complexity index is 2600. The van der Waals surface area contributed by atoms with Crippen LogP contribution in [-0.4, -0.2) is 15.0 Å². The van der Waals surface area contributed by atoms with Crippen molar-refractivity contribution in [2.45, 2.75) is 78.6 Å². The largest absolute Gasteiger partial charge is 0.354 e. The van der Waals surface area contributed by atoms with E-state index < -0.39 is 0 Å². The van der Waals surface area contributed by atoms with Gasteiger partial charge in [0.25, 0.3) is 0 Å². The molecule has 3 aromatic heterocycles. The summed E-state index contributed by atoms with van der Waals surface area (Å²) in [6.07, 6.45) is 1.90. The van der Waals surface area contributed by atoms with Gasteiger partial charge in [-0.05, 0) is 85.8 Å². The predicted octanol–water partition coefficient (Wildman–Crippen LogP) is 13.3. The van der Waals surface area contributed by atoms with Crippen molar-refractivity contribution in [3.05, 3.63) is 132 Å². The molecule has 0 saturated heterocycles. The first-order valence-electron chi connectivity index (χ1n) is 18.2. The van der Waals surface area contributed by atoms with E-state index in [-0.39, 0.29) is 16.2 Å². The highest BCUT2D eigenvalue weighted by atomic mass is 14.7. The monoisotopic (exact) mass is 665 g/mol. The average molecular weight is 666 g/mol. The van der Waals surface area contributed by atoms with Gasteiger partial charge in [0.2, 0.25) is 0 Å². The summed E-state index contributed by atoms with van der Waals surface area (Å²) in [7, 11) is 0. The number of fused-ring (bicyclic) bond motifs is 6. The number of benzene rings is 5. The zero-order valence-electron chi connectivity index (χ0n) is 31.4. The van der Waals surface area contributed by atoms with Crippen LogP contribution < -0.4 is 0 Å². The van der Waals surface area contributed by atoms with E-state index in [9.17, 15) is 0 Å². The number of rotatable bonds is 3. The summed E-state index contributed by atoms with van der Waals surface area (Å²) in [4.78, 5) is 14.2. The molecule has 254 valence electrons. The number of aromatic nitrogens is 3. The molecule has 51 heavy (non-hydrogen) atoms. The average Bonchev–Trinajstić information content (AvgIpc) is 3.48. The fraction of sp³-hybridized carbons (Fsp3) is 0.250. The molecule has 0 unspecified atom stereocenters. The highest BCUT2D eigenvalue weighted by Crippen LogP contribution is 2.41. The van der Waals surface area contributed by atoms with E-state index in [0.29, 0.717) is 0 Å². The number of hydrogen-bond acceptors (Lipinski definition) is 2. The zero-order chi connectivity index (χ0) is 35.9. The normalized spacial score (nSPS) is 12.8. The Morgan fingerprint density at radius 3 is 1.90 bits per heavy atom. The van der Waals surface area contributed by atoms with Crippen LogP contribution in [0.1, 0.15) is 79.0 Å². The standard InChI is InChI=1S/C48H47N3/c1-46(2,3)33-22-30(23-34(28-33)47(4,5)6)31-26-42(50-43(27-31)38-17-12-16-37-36-15-10-11-18-41(36)51-45(37)38)32-24-39-35(40(25-32)48(7,8)9)20-19-29-14-13-21-49-44(29)39/h10-28,51H,1-9H3. The lowest BCUT2D eigenvalue weighted by molar-refractivity contribution is 0.569. The molecule has 0 aliphatic heterocycles. The SMILES string of the molecule is CC(C)(C)c1cc(-c2cc(-c3cc(C(C)(C)C)c4ccc5cccnc5c4c3)nc(-c3cccc4c3[nH]c3ccccc34)c2)cc(C(C)(C)C)c1. The van der Waals surface area contributed by atoms with Crippen molar-refractivity contribution in [1.82, 2.24) is 15.0 Å². The third-order valence-electron chi connectivity index (χ3n) is 10.4. The Morgan fingerprint density at radius 2 is 1.18 bits per heavy atom. The first-order valence-corrected chi connectivity index (χ1v) is 18.2. The van der Waals surface area contributed by atoms with Crippen molar-refractivity contribution in [2.24, 2.45) is 0 Å². The number of hydrogen-bond donors (Lipinski definition) is 1. The van der Waals surface area contributed by atoms with Crippen LogP contribution in [0.4, 0.5) is 0 Å². The second-order valence-electron chi connectivity index (χ2n) is 17.3. The maximum absolute atomic E-state index is 5.53. The van der Waals surface area contributed by atoms with Crippen LogP contribution >= 0.6 is 0 Å². The number of aromatic amines is 1. The van der Waals surface area contributed by atoms with Crippen LogP contribution in [0, 0.1) is 0 Å². The minimum absolute atomic E-state index is 0.00133. The van der Waals surface area contributed by atoms with Gasteiger partial charge in [-0.15, -0.1) is 0 Å². The van der Waals surface area contributed by atoms with Gasteiger partial charge in [0.05, 0.1) is 22.4 Å². The maximum atomic E-state index is 5.53. The van der Waals surface area contributed by atoms with Gasteiger partial charge in [0.1, 0.15) is 0 Å². The molecule has 5 aromatic carbocycles. The highest BCUT2D eigenvalue weighted by Gasteiger charge is 2.24. The summed E-state index contributed by atoms with van der Waals surface area (Å²) < 4.78 is 0. The Morgan fingerprint density at radius 1 is 0.490 bits per heavy atom. The molecule has 0 radical (unpaired) electrons. The summed E-state index contributed by atoms with van der Waals surface area (Å²) in [6, 6.07) is 40.2. The van der Waals surface area contributed by atoms with Gasteiger partial charge in [-0.2, -0.15) is 0 Å². The Hall–Kier alpha value is -5.28. The molecule has 3 nitrogen and oxygen atoms in total. The van der Waals surface area contributed by atoms with Crippen LogP contribution in [-0.2, 0) is 16.2 Å². The molecule has 0 aliphatic rings. The van der Waals surface area contributed by atoms with Crippen molar-refractivity contribution in [3.8, 4) is 33.6 Å². The lowest BCUT2D eigenvalue weighted by Crippen LogP contribution is -2.16. The summed E-state index contributed by atoms with van der Waals surface area (Å²) in [5.74, 6) is 0. The van der Waals surface area contributed by atoms with Crippen molar-refractivity contribution in [3.63, 3.8) is 0 Å². The quantitative estimate of drug-likeness (QED) is 0.191. The lowest BCUT2D eigenvalue weighted by Gasteiger charge is -2.26. The molecule has 1 N–H and O–H groups in total. The van der Waals surface area contributed by atoms with Gasteiger partial charge in [-0.25, -0.2) is 4.98 Å². The van der Waals surface area contributed by atoms with Gasteiger partial charge in [-0.3, -0.25) is 4.98 Å². The predicted molar refractivity (Wildman–Crippen MR) is 219 cm³/mol. The van der Waals surface area contributed by atoms with Gasteiger partial charge in [-0.1, -0.05) is 135 Å². The summed E-state index contributed by atoms with van der Waals surface area (Å²) >= 11 is 0. The van der Waals surface area contributed by atoms with E-state index in [4.69, 9.17) is 9.97 Å².